The van der Waals surface area contributed by atoms with Crippen molar-refractivity contribution in [2.75, 3.05) is 17.7 Å². The van der Waals surface area contributed by atoms with E-state index in [0.29, 0.717) is 5.92 Å². The van der Waals surface area contributed by atoms with E-state index in [0.717, 1.165) is 29.3 Å². The Morgan fingerprint density at radius 3 is 2.72 bits per heavy atom. The van der Waals surface area contributed by atoms with Gasteiger partial charge in [-0.1, -0.05) is 13.8 Å². The first-order valence-electron chi connectivity index (χ1n) is 6.05. The molecule has 0 saturated carbocycles. The van der Waals surface area contributed by atoms with Crippen molar-refractivity contribution in [1.29, 1.82) is 0 Å². The maximum Gasteiger partial charge on any atom is 0.150 e. The minimum atomic E-state index is 0.326. The Balaban J connectivity index is 2.27. The Labute approximate surface area is 107 Å². The number of aromatic nitrogens is 2. The minimum absolute atomic E-state index is 0.326. The number of rotatable bonds is 4. The van der Waals surface area contributed by atoms with Crippen molar-refractivity contribution in [3.05, 3.63) is 29.9 Å². The van der Waals surface area contributed by atoms with Crippen LogP contribution in [0.3, 0.4) is 0 Å². The molecule has 2 aromatic heterocycles. The molecule has 2 N–H and O–H groups in total. The predicted octanol–water partition coefficient (Wildman–Crippen LogP) is 2.36. The average Bonchev–Trinajstić information content (AvgIpc) is 2.86. The quantitative estimate of drug-likeness (QED) is 0.902. The van der Waals surface area contributed by atoms with Gasteiger partial charge in [0.2, 0.25) is 0 Å². The van der Waals surface area contributed by atoms with Gasteiger partial charge in [-0.3, -0.25) is 4.68 Å². The van der Waals surface area contributed by atoms with Crippen molar-refractivity contribution in [1.82, 2.24) is 9.78 Å². The smallest absolute Gasteiger partial charge is 0.150 e. The van der Waals surface area contributed by atoms with E-state index in [-0.39, 0.29) is 0 Å². The molecule has 0 radical (unpaired) electrons. The van der Waals surface area contributed by atoms with Gasteiger partial charge >= 0.3 is 0 Å². The van der Waals surface area contributed by atoms with Crippen LogP contribution in [0.1, 0.15) is 31.0 Å². The molecule has 0 aliphatic carbocycles. The third-order valence-electron chi connectivity index (χ3n) is 2.99. The van der Waals surface area contributed by atoms with Gasteiger partial charge in [-0.05, 0) is 12.0 Å². The molecule has 0 bridgehead atoms. The van der Waals surface area contributed by atoms with Crippen LogP contribution in [0.5, 0.6) is 0 Å². The molecular weight excluding hydrogens is 228 g/mol. The van der Waals surface area contributed by atoms with E-state index in [1.807, 2.05) is 24.8 Å². The number of nitrogens with two attached hydrogens (primary N) is 1. The van der Waals surface area contributed by atoms with Gasteiger partial charge in [-0.15, -0.1) is 0 Å². The lowest BCUT2D eigenvalue weighted by molar-refractivity contribution is 0.563. The number of furan rings is 1. The summed E-state index contributed by atoms with van der Waals surface area (Å²) in [5, 5.41) is 4.49. The number of aryl methyl sites for hydroxylation is 1. The molecule has 5 nitrogen and oxygen atoms in total. The summed E-state index contributed by atoms with van der Waals surface area (Å²) in [5.74, 6) is 1.27. The number of hydrogen-bond donors (Lipinski definition) is 1. The first kappa shape index (κ1) is 12.5. The molecule has 0 aliphatic rings. The summed E-state index contributed by atoms with van der Waals surface area (Å²) in [6.07, 6.45) is 3.42. The van der Waals surface area contributed by atoms with Crippen molar-refractivity contribution in [3.8, 4) is 0 Å². The van der Waals surface area contributed by atoms with Crippen LogP contribution in [-0.4, -0.2) is 16.8 Å². The number of hydrogen-bond acceptors (Lipinski definition) is 4. The maximum atomic E-state index is 6.19. The molecule has 2 aromatic rings. The lowest BCUT2D eigenvalue weighted by Gasteiger charge is -2.19. The molecule has 0 unspecified atom stereocenters. The van der Waals surface area contributed by atoms with Gasteiger partial charge in [0.1, 0.15) is 5.82 Å². The van der Waals surface area contributed by atoms with Crippen LogP contribution in [0, 0.1) is 0 Å². The highest BCUT2D eigenvalue weighted by molar-refractivity contribution is 5.66. The molecule has 2 heterocycles. The summed E-state index contributed by atoms with van der Waals surface area (Å²) in [4.78, 5) is 2.08. The summed E-state index contributed by atoms with van der Waals surface area (Å²) in [6.45, 7) is 4.94. The van der Waals surface area contributed by atoms with E-state index in [9.17, 15) is 0 Å². The van der Waals surface area contributed by atoms with Crippen LogP contribution < -0.4 is 10.6 Å². The van der Waals surface area contributed by atoms with Crippen LogP contribution >= 0.6 is 0 Å². The molecule has 18 heavy (non-hydrogen) atoms. The zero-order valence-electron chi connectivity index (χ0n) is 11.3. The molecule has 0 amide bonds. The first-order valence-corrected chi connectivity index (χ1v) is 6.05. The number of nitrogen functional groups attached to an aromatic ring is 1. The second-order valence-electron chi connectivity index (χ2n) is 4.89. The fraction of sp³-hybridized carbons (Fsp3) is 0.462. The lowest BCUT2D eigenvalue weighted by atomic mass is 10.1. The largest absolute Gasteiger partial charge is 0.472 e. The highest BCUT2D eigenvalue weighted by Gasteiger charge is 2.19. The second-order valence-corrected chi connectivity index (χ2v) is 4.89. The fourth-order valence-electron chi connectivity index (χ4n) is 2.16. The molecule has 0 aliphatic heterocycles. The Morgan fingerprint density at radius 2 is 2.22 bits per heavy atom. The van der Waals surface area contributed by atoms with E-state index < -0.39 is 0 Å². The van der Waals surface area contributed by atoms with Crippen molar-refractivity contribution in [3.63, 3.8) is 0 Å². The highest BCUT2D eigenvalue weighted by atomic mass is 16.3. The first-order chi connectivity index (χ1) is 8.50. The molecule has 0 saturated heterocycles. The normalized spacial score (nSPS) is 11.2. The summed E-state index contributed by atoms with van der Waals surface area (Å²) < 4.78 is 6.91. The van der Waals surface area contributed by atoms with Crippen LogP contribution in [0.25, 0.3) is 0 Å². The molecule has 2 rings (SSSR count). The van der Waals surface area contributed by atoms with Gasteiger partial charge in [-0.25, -0.2) is 0 Å². The lowest BCUT2D eigenvalue weighted by Crippen LogP contribution is -2.20. The van der Waals surface area contributed by atoms with Crippen molar-refractivity contribution in [2.24, 2.45) is 7.05 Å². The van der Waals surface area contributed by atoms with Gasteiger partial charge < -0.3 is 15.1 Å². The van der Waals surface area contributed by atoms with E-state index in [4.69, 9.17) is 10.2 Å². The predicted molar refractivity (Wildman–Crippen MR) is 72.5 cm³/mol. The Hall–Kier alpha value is -1.91. The summed E-state index contributed by atoms with van der Waals surface area (Å²) in [6, 6.07) is 1.95. The summed E-state index contributed by atoms with van der Waals surface area (Å²) >= 11 is 0. The number of nitrogens with zero attached hydrogens (tertiary/aromatic N) is 3. The second kappa shape index (κ2) is 4.76. The summed E-state index contributed by atoms with van der Waals surface area (Å²) in [5.41, 5.74) is 9.01. The fourth-order valence-corrected chi connectivity index (χ4v) is 2.16. The Kier molecular flexibility index (Phi) is 3.32. The van der Waals surface area contributed by atoms with Crippen LogP contribution in [-0.2, 0) is 13.6 Å². The van der Waals surface area contributed by atoms with Crippen LogP contribution in [0.15, 0.2) is 23.0 Å². The molecular formula is C13H20N4O. The molecule has 98 valence electrons. The maximum absolute atomic E-state index is 6.19. The molecule has 0 spiro atoms. The van der Waals surface area contributed by atoms with E-state index in [1.165, 1.54) is 0 Å². The highest BCUT2D eigenvalue weighted by Crippen LogP contribution is 2.30. The molecule has 0 fully saturated rings. The summed E-state index contributed by atoms with van der Waals surface area (Å²) in [7, 11) is 3.92. The van der Waals surface area contributed by atoms with Gasteiger partial charge in [0.25, 0.3) is 0 Å². The van der Waals surface area contributed by atoms with Gasteiger partial charge in [0.15, 0.2) is 0 Å². The van der Waals surface area contributed by atoms with E-state index >= 15 is 0 Å². The topological polar surface area (TPSA) is 60.2 Å². The molecule has 0 aromatic carbocycles. The van der Waals surface area contributed by atoms with Crippen molar-refractivity contribution in [2.45, 2.75) is 26.3 Å². The Morgan fingerprint density at radius 1 is 1.50 bits per heavy atom. The van der Waals surface area contributed by atoms with E-state index in [1.54, 1.807) is 12.5 Å². The van der Waals surface area contributed by atoms with Crippen LogP contribution in [0.2, 0.25) is 0 Å². The standard InChI is InChI=1S/C13H20N4O/c1-9(2)12-11(14)13(17(4)15-12)16(3)7-10-5-6-18-8-10/h5-6,8-9H,7,14H2,1-4H3. The van der Waals surface area contributed by atoms with Gasteiger partial charge in [0.05, 0.1) is 23.9 Å². The monoisotopic (exact) mass is 248 g/mol. The third-order valence-corrected chi connectivity index (χ3v) is 2.99. The van der Waals surface area contributed by atoms with Gasteiger partial charge in [-0.2, -0.15) is 5.10 Å². The molecule has 0 atom stereocenters. The minimum Gasteiger partial charge on any atom is -0.472 e. The zero-order valence-corrected chi connectivity index (χ0v) is 11.3. The van der Waals surface area contributed by atoms with Crippen molar-refractivity contribution >= 4 is 11.5 Å². The van der Waals surface area contributed by atoms with Gasteiger partial charge in [0, 0.05) is 26.2 Å². The third kappa shape index (κ3) is 2.20. The van der Waals surface area contributed by atoms with Crippen molar-refractivity contribution < 1.29 is 4.42 Å². The zero-order chi connectivity index (χ0) is 13.3. The SMILES string of the molecule is CC(C)c1nn(C)c(N(C)Cc2ccoc2)c1N. The molecule has 5 heteroatoms. The van der Waals surface area contributed by atoms with E-state index in [2.05, 4.69) is 23.8 Å². The Bertz CT molecular complexity index is 513. The number of anilines is 2. The average molecular weight is 248 g/mol. The van der Waals surface area contributed by atoms with Crippen LogP contribution in [0.4, 0.5) is 11.5 Å².